The Morgan fingerprint density at radius 2 is 1.25 bits per heavy atom. The number of carbonyl (C=O) groups excluding carboxylic acids is 1. The Morgan fingerprint density at radius 3 is 1.65 bits per heavy atom. The Balaban J connectivity index is 2.70. The summed E-state index contributed by atoms with van der Waals surface area (Å²) in [5.74, 6) is 1.55. The van der Waals surface area contributed by atoms with Crippen LogP contribution >= 0.6 is 0 Å². The van der Waals surface area contributed by atoms with Gasteiger partial charge in [0.15, 0.2) is 5.78 Å². The van der Waals surface area contributed by atoms with Gasteiger partial charge in [-0.3, -0.25) is 4.79 Å². The van der Waals surface area contributed by atoms with Crippen LogP contribution in [0, 0.1) is 48.5 Å². The van der Waals surface area contributed by atoms with Crippen LogP contribution in [-0.4, -0.2) is 5.78 Å². The van der Waals surface area contributed by atoms with Crippen LogP contribution in [0.25, 0.3) is 0 Å². The quantitative estimate of drug-likeness (QED) is 0.742. The maximum atomic E-state index is 12.9. The first-order valence-corrected chi connectivity index (χ1v) is 6.94. The Hall–Kier alpha value is -1.83. The maximum Gasteiger partial charge on any atom is 0.197 e. The van der Waals surface area contributed by atoms with Gasteiger partial charge in [0.25, 0.3) is 0 Å². The molecule has 0 spiro atoms. The van der Waals surface area contributed by atoms with E-state index < -0.39 is 0 Å². The van der Waals surface area contributed by atoms with Gasteiger partial charge in [0, 0.05) is 5.56 Å². The highest BCUT2D eigenvalue weighted by molar-refractivity contribution is 6.12. The summed E-state index contributed by atoms with van der Waals surface area (Å²) in [6.45, 7) is 14.1. The molecule has 0 N–H and O–H groups in total. The molecule has 106 valence electrons. The zero-order valence-electron chi connectivity index (χ0n) is 13.4. The lowest BCUT2D eigenvalue weighted by Crippen LogP contribution is -2.10. The van der Waals surface area contributed by atoms with Gasteiger partial charge in [-0.05, 0) is 82.3 Å². The molecule has 0 bridgehead atoms. The van der Waals surface area contributed by atoms with Crippen molar-refractivity contribution in [1.29, 1.82) is 0 Å². The van der Waals surface area contributed by atoms with Gasteiger partial charge in [-0.2, -0.15) is 0 Å². The SMILES string of the molecule is Cc1cc(C(=O)c2c(C)c(C)c(C)c(C)c2C)c(C)o1. The van der Waals surface area contributed by atoms with Gasteiger partial charge in [0.05, 0.1) is 5.56 Å². The lowest BCUT2D eigenvalue weighted by molar-refractivity contribution is 0.103. The molecule has 2 nitrogen and oxygen atoms in total. The minimum atomic E-state index is 0.0700. The predicted molar refractivity (Wildman–Crippen MR) is 81.7 cm³/mol. The zero-order valence-corrected chi connectivity index (χ0v) is 13.4. The van der Waals surface area contributed by atoms with E-state index in [0.717, 1.165) is 22.5 Å². The normalized spacial score (nSPS) is 10.9. The average Bonchev–Trinajstić information content (AvgIpc) is 2.73. The van der Waals surface area contributed by atoms with Crippen LogP contribution in [0.3, 0.4) is 0 Å². The topological polar surface area (TPSA) is 30.2 Å². The first-order valence-electron chi connectivity index (χ1n) is 6.94. The summed E-state index contributed by atoms with van der Waals surface area (Å²) < 4.78 is 5.50. The van der Waals surface area contributed by atoms with Crippen molar-refractivity contribution in [2.24, 2.45) is 0 Å². The van der Waals surface area contributed by atoms with Crippen molar-refractivity contribution in [2.45, 2.75) is 48.5 Å². The molecule has 0 fully saturated rings. The molecule has 0 radical (unpaired) electrons. The van der Waals surface area contributed by atoms with E-state index >= 15 is 0 Å². The van der Waals surface area contributed by atoms with Crippen LogP contribution in [0.15, 0.2) is 10.5 Å². The highest BCUT2D eigenvalue weighted by Crippen LogP contribution is 2.29. The number of furan rings is 1. The molecule has 0 aliphatic carbocycles. The van der Waals surface area contributed by atoms with E-state index in [9.17, 15) is 4.79 Å². The van der Waals surface area contributed by atoms with Crippen molar-refractivity contribution in [3.63, 3.8) is 0 Å². The van der Waals surface area contributed by atoms with Crippen molar-refractivity contribution in [3.05, 3.63) is 56.5 Å². The van der Waals surface area contributed by atoms with Gasteiger partial charge < -0.3 is 4.42 Å². The van der Waals surface area contributed by atoms with Crippen LogP contribution < -0.4 is 0 Å². The molecule has 0 aliphatic heterocycles. The molecule has 0 atom stereocenters. The predicted octanol–water partition coefficient (Wildman–Crippen LogP) is 4.67. The van der Waals surface area contributed by atoms with Crippen LogP contribution in [-0.2, 0) is 0 Å². The van der Waals surface area contributed by atoms with Crippen molar-refractivity contribution < 1.29 is 9.21 Å². The molecule has 0 aliphatic rings. The second-order valence-electron chi connectivity index (χ2n) is 5.66. The number of hydrogen-bond donors (Lipinski definition) is 0. The molecule has 1 aromatic carbocycles. The third-order valence-electron chi connectivity index (χ3n) is 4.51. The highest BCUT2D eigenvalue weighted by Gasteiger charge is 2.22. The number of ketones is 1. The van der Waals surface area contributed by atoms with E-state index in [4.69, 9.17) is 4.42 Å². The van der Waals surface area contributed by atoms with E-state index in [1.54, 1.807) is 0 Å². The van der Waals surface area contributed by atoms with Gasteiger partial charge in [-0.1, -0.05) is 0 Å². The second-order valence-corrected chi connectivity index (χ2v) is 5.66. The molecule has 2 aromatic rings. The molecular formula is C18H22O2. The Morgan fingerprint density at radius 1 is 0.800 bits per heavy atom. The lowest BCUT2D eigenvalue weighted by Gasteiger charge is -2.17. The van der Waals surface area contributed by atoms with E-state index in [1.807, 2.05) is 33.8 Å². The summed E-state index contributed by atoms with van der Waals surface area (Å²) in [4.78, 5) is 12.9. The third-order valence-corrected chi connectivity index (χ3v) is 4.51. The Labute approximate surface area is 120 Å². The van der Waals surface area contributed by atoms with Gasteiger partial charge in [-0.25, -0.2) is 0 Å². The summed E-state index contributed by atoms with van der Waals surface area (Å²) >= 11 is 0. The summed E-state index contributed by atoms with van der Waals surface area (Å²) in [7, 11) is 0. The standard InChI is InChI=1S/C18H22O2/c1-9-8-16(15(7)20-9)18(19)17-13(5)11(3)10(2)12(4)14(17)6/h8H,1-7H3. The molecule has 2 heteroatoms. The van der Waals surface area contributed by atoms with Gasteiger partial charge in [0.1, 0.15) is 11.5 Å². The molecule has 1 aromatic heterocycles. The van der Waals surface area contributed by atoms with Crippen molar-refractivity contribution in [1.82, 2.24) is 0 Å². The molecule has 0 unspecified atom stereocenters. The average molecular weight is 270 g/mol. The Kier molecular flexibility index (Phi) is 3.59. The van der Waals surface area contributed by atoms with E-state index in [-0.39, 0.29) is 5.78 Å². The van der Waals surface area contributed by atoms with Crippen LogP contribution in [0.4, 0.5) is 0 Å². The van der Waals surface area contributed by atoms with Crippen LogP contribution in [0.2, 0.25) is 0 Å². The van der Waals surface area contributed by atoms with Gasteiger partial charge in [-0.15, -0.1) is 0 Å². The smallest absolute Gasteiger partial charge is 0.197 e. The van der Waals surface area contributed by atoms with Gasteiger partial charge >= 0.3 is 0 Å². The fourth-order valence-electron chi connectivity index (χ4n) is 2.83. The monoisotopic (exact) mass is 270 g/mol. The maximum absolute atomic E-state index is 12.9. The van der Waals surface area contributed by atoms with Crippen molar-refractivity contribution >= 4 is 5.78 Å². The minimum Gasteiger partial charge on any atom is -0.466 e. The number of benzene rings is 1. The molecule has 20 heavy (non-hydrogen) atoms. The molecule has 0 saturated carbocycles. The lowest BCUT2D eigenvalue weighted by atomic mass is 9.86. The largest absolute Gasteiger partial charge is 0.466 e. The molecule has 0 amide bonds. The minimum absolute atomic E-state index is 0.0700. The zero-order chi connectivity index (χ0) is 15.2. The number of rotatable bonds is 2. The molecule has 1 heterocycles. The highest BCUT2D eigenvalue weighted by atomic mass is 16.3. The third kappa shape index (κ3) is 2.09. The second kappa shape index (κ2) is 4.93. The summed E-state index contributed by atoms with van der Waals surface area (Å²) in [5, 5.41) is 0. The fraction of sp³-hybridized carbons (Fsp3) is 0.389. The van der Waals surface area contributed by atoms with Crippen LogP contribution in [0.1, 0.15) is 55.3 Å². The number of hydrogen-bond acceptors (Lipinski definition) is 2. The van der Waals surface area contributed by atoms with Crippen molar-refractivity contribution in [3.8, 4) is 0 Å². The first kappa shape index (κ1) is 14.6. The summed E-state index contributed by atoms with van der Waals surface area (Å²) in [6.07, 6.45) is 0. The fourth-order valence-corrected chi connectivity index (χ4v) is 2.83. The molecule has 2 rings (SSSR count). The van der Waals surface area contributed by atoms with Crippen LogP contribution in [0.5, 0.6) is 0 Å². The summed E-state index contributed by atoms with van der Waals surface area (Å²) in [5.41, 5.74) is 7.34. The molecular weight excluding hydrogens is 248 g/mol. The van der Waals surface area contributed by atoms with E-state index in [1.165, 1.54) is 16.7 Å². The number of carbonyl (C=O) groups is 1. The first-order chi connectivity index (χ1) is 9.25. The van der Waals surface area contributed by atoms with E-state index in [0.29, 0.717) is 11.3 Å². The van der Waals surface area contributed by atoms with Crippen molar-refractivity contribution in [2.75, 3.05) is 0 Å². The van der Waals surface area contributed by atoms with E-state index in [2.05, 4.69) is 20.8 Å². The number of aryl methyl sites for hydroxylation is 2. The Bertz CT molecular complexity index is 674. The summed E-state index contributed by atoms with van der Waals surface area (Å²) in [6, 6.07) is 1.83. The molecule has 0 saturated heterocycles. The van der Waals surface area contributed by atoms with Gasteiger partial charge in [0.2, 0.25) is 0 Å².